The number of methoxy groups -OCH3 is 1. The normalized spacial score (nSPS) is 11.5. The number of benzene rings is 1. The molecule has 102 valence electrons. The lowest BCUT2D eigenvalue weighted by atomic mass is 10.2. The van der Waals surface area contributed by atoms with Gasteiger partial charge in [0.05, 0.1) is 7.11 Å². The first-order valence-corrected chi connectivity index (χ1v) is 7.40. The van der Waals surface area contributed by atoms with Gasteiger partial charge >= 0.3 is 0 Å². The molecule has 1 aromatic rings. The maximum atomic E-state index is 12.1. The van der Waals surface area contributed by atoms with E-state index in [4.69, 9.17) is 10.5 Å². The average molecular weight is 272 g/mol. The minimum absolute atomic E-state index is 0.143. The van der Waals surface area contributed by atoms with Crippen LogP contribution in [-0.4, -0.2) is 22.1 Å². The number of nitrogens with one attached hydrogen (secondary N) is 1. The average Bonchev–Trinajstić information content (AvgIpc) is 2.38. The molecule has 0 amide bonds. The van der Waals surface area contributed by atoms with Crippen molar-refractivity contribution in [2.45, 2.75) is 31.2 Å². The summed E-state index contributed by atoms with van der Waals surface area (Å²) in [4.78, 5) is 0.143. The molecule has 5 nitrogen and oxygen atoms in total. The SMILES string of the molecule is CCCCNS(=O)(=O)c1cc(CN)ccc1OC. The molecule has 3 N–H and O–H groups in total. The van der Waals surface area contributed by atoms with Gasteiger partial charge < -0.3 is 10.5 Å². The number of hydrogen-bond acceptors (Lipinski definition) is 4. The van der Waals surface area contributed by atoms with Crippen LogP contribution >= 0.6 is 0 Å². The Hall–Kier alpha value is -1.11. The highest BCUT2D eigenvalue weighted by Gasteiger charge is 2.19. The van der Waals surface area contributed by atoms with Gasteiger partial charge in [-0.05, 0) is 24.1 Å². The van der Waals surface area contributed by atoms with Crippen LogP contribution in [0.15, 0.2) is 23.1 Å². The second-order valence-electron chi connectivity index (χ2n) is 3.94. The molecule has 0 radical (unpaired) electrons. The Balaban J connectivity index is 3.05. The summed E-state index contributed by atoms with van der Waals surface area (Å²) < 4.78 is 31.9. The molecule has 0 aliphatic carbocycles. The van der Waals surface area contributed by atoms with Crippen LogP contribution in [0.3, 0.4) is 0 Å². The Morgan fingerprint density at radius 3 is 2.67 bits per heavy atom. The third-order valence-corrected chi connectivity index (χ3v) is 4.06. The minimum atomic E-state index is -3.54. The van der Waals surface area contributed by atoms with Gasteiger partial charge in [0.25, 0.3) is 0 Å². The molecule has 0 saturated carbocycles. The highest BCUT2D eigenvalue weighted by Crippen LogP contribution is 2.24. The van der Waals surface area contributed by atoms with Gasteiger partial charge in [-0.1, -0.05) is 19.4 Å². The summed E-state index contributed by atoms with van der Waals surface area (Å²) in [6.45, 7) is 2.72. The van der Waals surface area contributed by atoms with Crippen molar-refractivity contribution in [2.24, 2.45) is 5.73 Å². The van der Waals surface area contributed by atoms with Gasteiger partial charge in [0.2, 0.25) is 10.0 Å². The molecular formula is C12H20N2O3S. The predicted molar refractivity (Wildman–Crippen MR) is 71.0 cm³/mol. The number of unbranched alkanes of at least 4 members (excludes halogenated alkanes) is 1. The summed E-state index contributed by atoms with van der Waals surface area (Å²) in [6.07, 6.45) is 1.74. The Kier molecular flexibility index (Phi) is 5.58. The maximum Gasteiger partial charge on any atom is 0.244 e. The van der Waals surface area contributed by atoms with Gasteiger partial charge in [-0.2, -0.15) is 0 Å². The van der Waals surface area contributed by atoms with E-state index in [1.54, 1.807) is 18.2 Å². The molecule has 6 heteroatoms. The zero-order valence-corrected chi connectivity index (χ0v) is 11.6. The van der Waals surface area contributed by atoms with Gasteiger partial charge in [-0.3, -0.25) is 0 Å². The molecule has 1 rings (SSSR count). The van der Waals surface area contributed by atoms with Crippen molar-refractivity contribution in [2.75, 3.05) is 13.7 Å². The minimum Gasteiger partial charge on any atom is -0.495 e. The molecule has 0 fully saturated rings. The van der Waals surface area contributed by atoms with Crippen LogP contribution in [0.25, 0.3) is 0 Å². The van der Waals surface area contributed by atoms with Gasteiger partial charge in [-0.15, -0.1) is 0 Å². The number of ether oxygens (including phenoxy) is 1. The van der Waals surface area contributed by atoms with Crippen molar-refractivity contribution in [3.63, 3.8) is 0 Å². The summed E-state index contributed by atoms with van der Waals surface area (Å²) in [7, 11) is -2.09. The van der Waals surface area contributed by atoms with E-state index in [0.29, 0.717) is 18.8 Å². The molecule has 0 aromatic heterocycles. The van der Waals surface area contributed by atoms with Crippen molar-refractivity contribution < 1.29 is 13.2 Å². The van der Waals surface area contributed by atoms with Gasteiger partial charge in [0, 0.05) is 13.1 Å². The number of nitrogens with two attached hydrogens (primary N) is 1. The van der Waals surface area contributed by atoms with Crippen molar-refractivity contribution in [3.05, 3.63) is 23.8 Å². The smallest absolute Gasteiger partial charge is 0.244 e. The van der Waals surface area contributed by atoms with E-state index in [2.05, 4.69) is 4.72 Å². The van der Waals surface area contributed by atoms with Gasteiger partial charge in [-0.25, -0.2) is 13.1 Å². The Morgan fingerprint density at radius 2 is 2.11 bits per heavy atom. The molecule has 1 aromatic carbocycles. The van der Waals surface area contributed by atoms with E-state index in [1.807, 2.05) is 6.92 Å². The molecule has 0 saturated heterocycles. The first-order chi connectivity index (χ1) is 8.55. The van der Waals surface area contributed by atoms with E-state index in [0.717, 1.165) is 18.4 Å². The van der Waals surface area contributed by atoms with Crippen LogP contribution in [-0.2, 0) is 16.6 Å². The van der Waals surface area contributed by atoms with E-state index >= 15 is 0 Å². The predicted octanol–water partition coefficient (Wildman–Crippen LogP) is 1.23. The van der Waals surface area contributed by atoms with E-state index < -0.39 is 10.0 Å². The van der Waals surface area contributed by atoms with Crippen molar-refractivity contribution in [1.29, 1.82) is 0 Å². The molecule has 0 unspecified atom stereocenters. The van der Waals surface area contributed by atoms with Crippen molar-refractivity contribution in [3.8, 4) is 5.75 Å². The Bertz CT molecular complexity index is 486. The van der Waals surface area contributed by atoms with Crippen LogP contribution in [0.4, 0.5) is 0 Å². The summed E-state index contributed by atoms with van der Waals surface area (Å²) in [6, 6.07) is 4.92. The van der Waals surface area contributed by atoms with E-state index in [9.17, 15) is 8.42 Å². The third kappa shape index (κ3) is 3.69. The van der Waals surface area contributed by atoms with Crippen LogP contribution < -0.4 is 15.2 Å². The van der Waals surface area contributed by atoms with Crippen LogP contribution in [0.1, 0.15) is 25.3 Å². The lowest BCUT2D eigenvalue weighted by Gasteiger charge is -2.11. The highest BCUT2D eigenvalue weighted by molar-refractivity contribution is 7.89. The van der Waals surface area contributed by atoms with E-state index in [-0.39, 0.29) is 4.90 Å². The Labute approximate surface area is 108 Å². The van der Waals surface area contributed by atoms with Crippen molar-refractivity contribution >= 4 is 10.0 Å². The summed E-state index contributed by atoms with van der Waals surface area (Å²) >= 11 is 0. The molecule has 0 aliphatic heterocycles. The zero-order valence-electron chi connectivity index (χ0n) is 10.8. The standard InChI is InChI=1S/C12H20N2O3S/c1-3-4-7-14-18(15,16)12-8-10(9-13)5-6-11(12)17-2/h5-6,8,14H,3-4,7,9,13H2,1-2H3. The lowest BCUT2D eigenvalue weighted by Crippen LogP contribution is -2.25. The quantitative estimate of drug-likeness (QED) is 0.732. The molecular weight excluding hydrogens is 252 g/mol. The monoisotopic (exact) mass is 272 g/mol. The second kappa shape index (κ2) is 6.72. The third-order valence-electron chi connectivity index (χ3n) is 2.58. The fraction of sp³-hybridized carbons (Fsp3) is 0.500. The second-order valence-corrected chi connectivity index (χ2v) is 5.68. The van der Waals surface area contributed by atoms with Gasteiger partial charge in [0.1, 0.15) is 10.6 Å². The highest BCUT2D eigenvalue weighted by atomic mass is 32.2. The summed E-state index contributed by atoms with van der Waals surface area (Å²) in [5.41, 5.74) is 6.28. The molecule has 0 heterocycles. The molecule has 0 spiro atoms. The maximum absolute atomic E-state index is 12.1. The largest absolute Gasteiger partial charge is 0.495 e. The van der Waals surface area contributed by atoms with E-state index in [1.165, 1.54) is 7.11 Å². The van der Waals surface area contributed by atoms with Gasteiger partial charge in [0.15, 0.2) is 0 Å². The van der Waals surface area contributed by atoms with Crippen LogP contribution in [0.5, 0.6) is 5.75 Å². The molecule has 0 atom stereocenters. The topological polar surface area (TPSA) is 81.4 Å². The molecule has 18 heavy (non-hydrogen) atoms. The fourth-order valence-corrected chi connectivity index (χ4v) is 2.81. The number of hydrogen-bond donors (Lipinski definition) is 2. The first kappa shape index (κ1) is 14.9. The number of sulfonamides is 1. The summed E-state index contributed by atoms with van der Waals surface area (Å²) in [5, 5.41) is 0. The Morgan fingerprint density at radius 1 is 1.39 bits per heavy atom. The fourth-order valence-electron chi connectivity index (χ4n) is 1.52. The van der Waals surface area contributed by atoms with Crippen molar-refractivity contribution in [1.82, 2.24) is 4.72 Å². The summed E-state index contributed by atoms with van der Waals surface area (Å²) in [5.74, 6) is 0.330. The number of rotatable bonds is 7. The molecule has 0 aliphatic rings. The first-order valence-electron chi connectivity index (χ1n) is 5.91. The van der Waals surface area contributed by atoms with Crippen LogP contribution in [0, 0.1) is 0 Å². The van der Waals surface area contributed by atoms with Crippen LogP contribution in [0.2, 0.25) is 0 Å². The lowest BCUT2D eigenvalue weighted by molar-refractivity contribution is 0.402. The zero-order chi connectivity index (χ0) is 13.6. The molecule has 0 bridgehead atoms.